The molecule has 1 aromatic rings. The summed E-state index contributed by atoms with van der Waals surface area (Å²) in [5, 5.41) is 0. The molecule has 23 heavy (non-hydrogen) atoms. The van der Waals surface area contributed by atoms with E-state index < -0.39 is 0 Å². The van der Waals surface area contributed by atoms with Gasteiger partial charge in [0, 0.05) is 43.4 Å². The molecule has 0 radical (unpaired) electrons. The van der Waals surface area contributed by atoms with Gasteiger partial charge in [-0.15, -0.1) is 0 Å². The molecule has 1 atom stereocenters. The Morgan fingerprint density at radius 1 is 0.957 bits per heavy atom. The minimum atomic E-state index is 0.0915. The highest BCUT2D eigenvalue weighted by Gasteiger charge is 2.38. The van der Waals surface area contributed by atoms with Crippen molar-refractivity contribution in [1.82, 2.24) is 14.8 Å². The number of nitrogens with one attached hydrogen (secondary N) is 1. The van der Waals surface area contributed by atoms with Crippen LogP contribution in [-0.2, 0) is 9.59 Å². The molecule has 1 aromatic heterocycles. The Balaban J connectivity index is 1.37. The van der Waals surface area contributed by atoms with Crippen LogP contribution < -0.4 is 0 Å². The summed E-state index contributed by atoms with van der Waals surface area (Å²) in [6.07, 6.45) is 7.82. The molecular formula is C18H25N3O2. The number of aromatic nitrogens is 1. The number of aromatic amines is 1. The van der Waals surface area contributed by atoms with E-state index in [9.17, 15) is 9.59 Å². The van der Waals surface area contributed by atoms with Crippen LogP contribution in [0.5, 0.6) is 0 Å². The molecule has 0 bridgehead atoms. The third-order valence-electron chi connectivity index (χ3n) is 5.60. The maximum atomic E-state index is 12.9. The summed E-state index contributed by atoms with van der Waals surface area (Å²) in [6, 6.07) is 4.29. The fourth-order valence-electron chi connectivity index (χ4n) is 4.08. The second-order valence-corrected chi connectivity index (χ2v) is 7.19. The average Bonchev–Trinajstić information content (AvgIpc) is 3.09. The molecule has 0 unspecified atom stereocenters. The van der Waals surface area contributed by atoms with E-state index in [4.69, 9.17) is 0 Å². The Hall–Kier alpha value is -1.78. The highest BCUT2D eigenvalue weighted by molar-refractivity contribution is 5.82. The molecular weight excluding hydrogens is 290 g/mol. The number of amides is 2. The van der Waals surface area contributed by atoms with Crippen LogP contribution in [0.4, 0.5) is 0 Å². The van der Waals surface area contributed by atoms with Crippen molar-refractivity contribution >= 4 is 11.8 Å². The Labute approximate surface area is 137 Å². The molecule has 5 nitrogen and oxygen atoms in total. The first kappa shape index (κ1) is 14.8. The fraction of sp³-hybridized carbons (Fsp3) is 0.667. The Bertz CT molecular complexity index is 571. The molecule has 0 spiro atoms. The number of carbonyl (C=O) groups is 2. The summed E-state index contributed by atoms with van der Waals surface area (Å²) in [4.78, 5) is 32.4. The van der Waals surface area contributed by atoms with Gasteiger partial charge in [0.2, 0.25) is 11.8 Å². The predicted octanol–water partition coefficient (Wildman–Crippen LogP) is 2.33. The monoisotopic (exact) mass is 315 g/mol. The zero-order chi connectivity index (χ0) is 15.8. The molecule has 4 rings (SSSR count). The van der Waals surface area contributed by atoms with Crippen molar-refractivity contribution in [2.24, 2.45) is 11.8 Å². The van der Waals surface area contributed by atoms with Gasteiger partial charge in [-0.1, -0.05) is 0 Å². The second kappa shape index (κ2) is 6.02. The standard InChI is InChI=1S/C18H25N3O2/c22-17(13-5-6-13)20-11-7-14(8-12-20)18(23)21-10-2-4-16(21)15-3-1-9-19-15/h1,3,9,13-14,16,19H,2,4-8,10-12H2/t16-/m1/s1. The Morgan fingerprint density at radius 3 is 2.35 bits per heavy atom. The van der Waals surface area contributed by atoms with E-state index in [-0.39, 0.29) is 17.9 Å². The van der Waals surface area contributed by atoms with Gasteiger partial charge < -0.3 is 14.8 Å². The number of hydrogen-bond donors (Lipinski definition) is 1. The first-order valence-corrected chi connectivity index (χ1v) is 8.96. The van der Waals surface area contributed by atoms with Gasteiger partial charge in [0.05, 0.1) is 6.04 Å². The van der Waals surface area contributed by atoms with Crippen molar-refractivity contribution < 1.29 is 9.59 Å². The summed E-state index contributed by atoms with van der Waals surface area (Å²) in [5.74, 6) is 0.994. The van der Waals surface area contributed by atoms with Crippen LogP contribution in [0.25, 0.3) is 0 Å². The third kappa shape index (κ3) is 2.89. The van der Waals surface area contributed by atoms with Crippen LogP contribution in [0.2, 0.25) is 0 Å². The maximum Gasteiger partial charge on any atom is 0.226 e. The molecule has 2 saturated heterocycles. The van der Waals surface area contributed by atoms with E-state index in [0.29, 0.717) is 11.8 Å². The van der Waals surface area contributed by atoms with Crippen LogP contribution in [0.1, 0.15) is 50.3 Å². The van der Waals surface area contributed by atoms with Crippen molar-refractivity contribution in [2.45, 2.75) is 44.6 Å². The number of likely N-dealkylation sites (tertiary alicyclic amines) is 2. The summed E-state index contributed by atoms with van der Waals surface area (Å²) in [6.45, 7) is 2.38. The lowest BCUT2D eigenvalue weighted by Gasteiger charge is -2.35. The highest BCUT2D eigenvalue weighted by Crippen LogP contribution is 2.35. The van der Waals surface area contributed by atoms with Crippen molar-refractivity contribution in [3.63, 3.8) is 0 Å². The fourth-order valence-corrected chi connectivity index (χ4v) is 4.08. The quantitative estimate of drug-likeness (QED) is 0.930. The molecule has 3 fully saturated rings. The van der Waals surface area contributed by atoms with Crippen molar-refractivity contribution in [3.05, 3.63) is 24.0 Å². The van der Waals surface area contributed by atoms with Gasteiger partial charge in [-0.2, -0.15) is 0 Å². The first-order chi connectivity index (χ1) is 11.2. The average molecular weight is 315 g/mol. The molecule has 1 aliphatic carbocycles. The van der Waals surface area contributed by atoms with Gasteiger partial charge in [-0.3, -0.25) is 9.59 Å². The van der Waals surface area contributed by atoms with E-state index in [1.165, 1.54) is 0 Å². The predicted molar refractivity (Wildman–Crippen MR) is 86.5 cm³/mol. The molecule has 2 aliphatic heterocycles. The largest absolute Gasteiger partial charge is 0.363 e. The van der Waals surface area contributed by atoms with Crippen LogP contribution in [0.3, 0.4) is 0 Å². The van der Waals surface area contributed by atoms with E-state index in [0.717, 1.165) is 63.9 Å². The van der Waals surface area contributed by atoms with Crippen LogP contribution in [-0.4, -0.2) is 46.2 Å². The molecule has 3 aliphatic rings. The molecule has 1 saturated carbocycles. The van der Waals surface area contributed by atoms with Crippen LogP contribution >= 0.6 is 0 Å². The van der Waals surface area contributed by atoms with Gasteiger partial charge in [-0.05, 0) is 50.7 Å². The van der Waals surface area contributed by atoms with E-state index in [1.54, 1.807) is 0 Å². The number of H-pyrrole nitrogens is 1. The molecule has 3 heterocycles. The summed E-state index contributed by atoms with van der Waals surface area (Å²) in [5.41, 5.74) is 1.15. The summed E-state index contributed by atoms with van der Waals surface area (Å²) in [7, 11) is 0. The third-order valence-corrected chi connectivity index (χ3v) is 5.60. The van der Waals surface area contributed by atoms with Gasteiger partial charge in [0.25, 0.3) is 0 Å². The van der Waals surface area contributed by atoms with E-state index >= 15 is 0 Å². The van der Waals surface area contributed by atoms with Gasteiger partial charge in [0.15, 0.2) is 0 Å². The molecule has 2 amide bonds. The lowest BCUT2D eigenvalue weighted by Crippen LogP contribution is -2.44. The maximum absolute atomic E-state index is 12.9. The second-order valence-electron chi connectivity index (χ2n) is 7.19. The van der Waals surface area contributed by atoms with Gasteiger partial charge >= 0.3 is 0 Å². The summed E-state index contributed by atoms with van der Waals surface area (Å²) >= 11 is 0. The van der Waals surface area contributed by atoms with Crippen molar-refractivity contribution in [2.75, 3.05) is 19.6 Å². The van der Waals surface area contributed by atoms with E-state index in [1.807, 2.05) is 17.2 Å². The van der Waals surface area contributed by atoms with Gasteiger partial charge in [-0.25, -0.2) is 0 Å². The van der Waals surface area contributed by atoms with Crippen LogP contribution in [0.15, 0.2) is 18.3 Å². The molecule has 1 N–H and O–H groups in total. The number of rotatable bonds is 3. The SMILES string of the molecule is O=C(C1CC1)N1CCC(C(=O)N2CCC[C@@H]2c2ccc[nH]2)CC1. The minimum absolute atomic E-state index is 0.0915. The molecule has 124 valence electrons. The smallest absolute Gasteiger partial charge is 0.226 e. The zero-order valence-electron chi connectivity index (χ0n) is 13.5. The first-order valence-electron chi connectivity index (χ1n) is 8.96. The summed E-state index contributed by atoms with van der Waals surface area (Å²) < 4.78 is 0. The number of hydrogen-bond acceptors (Lipinski definition) is 2. The number of carbonyl (C=O) groups excluding carboxylic acids is 2. The lowest BCUT2D eigenvalue weighted by molar-refractivity contribution is -0.142. The zero-order valence-corrected chi connectivity index (χ0v) is 13.5. The van der Waals surface area contributed by atoms with E-state index in [2.05, 4.69) is 16.0 Å². The topological polar surface area (TPSA) is 56.4 Å². The van der Waals surface area contributed by atoms with Crippen molar-refractivity contribution in [1.29, 1.82) is 0 Å². The molecule has 5 heteroatoms. The van der Waals surface area contributed by atoms with Gasteiger partial charge in [0.1, 0.15) is 0 Å². The minimum Gasteiger partial charge on any atom is -0.363 e. The number of nitrogens with zero attached hydrogens (tertiary/aromatic N) is 2. The van der Waals surface area contributed by atoms with Crippen molar-refractivity contribution in [3.8, 4) is 0 Å². The lowest BCUT2D eigenvalue weighted by atomic mass is 9.94. The Kier molecular flexibility index (Phi) is 3.87. The van der Waals surface area contributed by atoms with Crippen LogP contribution in [0, 0.1) is 11.8 Å². The Morgan fingerprint density at radius 2 is 1.70 bits per heavy atom. The highest BCUT2D eigenvalue weighted by atomic mass is 16.2. The number of piperidine rings is 1. The normalized spacial score (nSPS) is 25.8. The molecule has 0 aromatic carbocycles.